The van der Waals surface area contributed by atoms with Crippen LogP contribution in [0.4, 0.5) is 4.79 Å². The highest BCUT2D eigenvalue weighted by Crippen LogP contribution is 2.44. The predicted molar refractivity (Wildman–Crippen MR) is 263 cm³/mol. The van der Waals surface area contributed by atoms with Gasteiger partial charge in [-0.3, -0.25) is 9.59 Å². The molecule has 0 bridgehead atoms. The molecule has 0 saturated carbocycles. The Kier molecular flexibility index (Phi) is 18.4. The van der Waals surface area contributed by atoms with Crippen molar-refractivity contribution in [1.82, 2.24) is 10.2 Å². The molecule has 18 atom stereocenters. The number of nitrogens with zero attached hydrogens (tertiary/aromatic N) is 1. The number of Topliss-reactive ketones (excluding diaryl/α,β-unsaturated/α-hetero) is 1. The van der Waals surface area contributed by atoms with Crippen LogP contribution in [0, 0.1) is 36.0 Å². The topological polar surface area (TPSA) is 193 Å². The van der Waals surface area contributed by atoms with Crippen LogP contribution < -0.4 is 5.32 Å². The number of rotatable bonds is 13. The fraction of sp³-hybridized carbons (Fsp3) is 0.655. The molecule has 0 radical (unpaired) electrons. The Hall–Kier alpha value is -4.93. The lowest BCUT2D eigenvalue weighted by atomic mass is 9.73. The van der Waals surface area contributed by atoms with Gasteiger partial charge in [-0.2, -0.15) is 0 Å². The number of terminal acetylenes is 1. The van der Waals surface area contributed by atoms with Crippen molar-refractivity contribution >= 4 is 29.8 Å². The van der Waals surface area contributed by atoms with Crippen LogP contribution in [-0.2, 0) is 57.0 Å². The van der Waals surface area contributed by atoms with Crippen LogP contribution in [0.3, 0.4) is 0 Å². The molecule has 72 heavy (non-hydrogen) atoms. The van der Waals surface area contributed by atoms with Crippen LogP contribution in [0.15, 0.2) is 60.7 Å². The number of ketones is 1. The second-order valence-electron chi connectivity index (χ2n) is 20.9. The van der Waals surface area contributed by atoms with Gasteiger partial charge in [0.2, 0.25) is 0 Å². The number of esters is 3. The molecule has 17 nitrogen and oxygen atoms in total. The van der Waals surface area contributed by atoms with Crippen LogP contribution in [0.5, 0.6) is 0 Å². The standard InChI is InChI=1S/C55H76N2O15/c1-15-27-64-54(10)29-31(3)42(58)33(5)45-55(11,72-52(62)56-45)40(16-2)67-48(59)35(7)43(68-41-30-53(9,63-14)47(36(8)66-41)70-50(61)38-25-21-18-22-26-38)34(6)46(54)71-51-44(39(57(12)13)28-32(4)65-51)69-49(60)37-23-19-17-20-24-37/h1,17-26,31-36,39-41,43-47,51H,16,27-30H2,2-14H3,(H,56,62)/t31-,32-,33+,34+,35-,36+,39+,40-,41+,43+,44-,45-,46-,47+,51+,53-,54+,55+/m1/s1. The van der Waals surface area contributed by atoms with Crippen LogP contribution in [0.25, 0.3) is 0 Å². The second-order valence-corrected chi connectivity index (χ2v) is 20.9. The summed E-state index contributed by atoms with van der Waals surface area (Å²) in [7, 11) is 5.29. The van der Waals surface area contributed by atoms with E-state index in [-0.39, 0.29) is 37.8 Å². The number of ether oxygens (including phenoxy) is 10. The minimum absolute atomic E-state index is 0.0227. The van der Waals surface area contributed by atoms with E-state index in [1.807, 2.05) is 32.8 Å². The van der Waals surface area contributed by atoms with E-state index < -0.39 is 126 Å². The molecule has 1 amide bonds. The van der Waals surface area contributed by atoms with E-state index in [1.54, 1.807) is 116 Å². The first-order valence-electron chi connectivity index (χ1n) is 25.2. The number of alkyl carbamates (subject to hydrolysis) is 1. The number of carbonyl (C=O) groups excluding carboxylic acids is 5. The van der Waals surface area contributed by atoms with E-state index in [1.165, 1.54) is 7.11 Å². The van der Waals surface area contributed by atoms with Crippen LogP contribution in [-0.4, -0.2) is 147 Å². The Labute approximate surface area is 424 Å². The summed E-state index contributed by atoms with van der Waals surface area (Å²) in [5.41, 5.74) is -3.39. The van der Waals surface area contributed by atoms with E-state index >= 15 is 0 Å². The van der Waals surface area contributed by atoms with E-state index in [0.717, 1.165) is 0 Å². The number of carbonyl (C=O) groups is 5. The van der Waals surface area contributed by atoms with Gasteiger partial charge in [0.1, 0.15) is 24.1 Å². The summed E-state index contributed by atoms with van der Waals surface area (Å²) in [6.07, 6.45) is -2.71. The Morgan fingerprint density at radius 2 is 1.42 bits per heavy atom. The lowest BCUT2D eigenvalue weighted by Gasteiger charge is -2.50. The lowest BCUT2D eigenvalue weighted by molar-refractivity contribution is -0.319. The van der Waals surface area contributed by atoms with E-state index in [0.29, 0.717) is 17.5 Å². The first-order chi connectivity index (χ1) is 34.0. The van der Waals surface area contributed by atoms with Crippen molar-refractivity contribution in [3.8, 4) is 12.3 Å². The molecule has 4 aliphatic heterocycles. The molecule has 396 valence electrons. The summed E-state index contributed by atoms with van der Waals surface area (Å²) < 4.78 is 65.2. The Morgan fingerprint density at radius 1 is 0.806 bits per heavy atom. The summed E-state index contributed by atoms with van der Waals surface area (Å²) in [4.78, 5) is 72.3. The van der Waals surface area contributed by atoms with Gasteiger partial charge in [-0.1, -0.05) is 70.0 Å². The van der Waals surface area contributed by atoms with Gasteiger partial charge >= 0.3 is 24.0 Å². The van der Waals surface area contributed by atoms with Crippen molar-refractivity contribution in [3.63, 3.8) is 0 Å². The summed E-state index contributed by atoms with van der Waals surface area (Å²) in [6, 6.07) is 15.9. The number of cyclic esters (lactones) is 1. The molecule has 4 heterocycles. The first-order valence-corrected chi connectivity index (χ1v) is 25.2. The molecule has 4 fully saturated rings. The molecule has 4 aliphatic rings. The summed E-state index contributed by atoms with van der Waals surface area (Å²) in [5.74, 6) is -3.04. The van der Waals surface area contributed by atoms with Gasteiger partial charge in [0.05, 0.1) is 59.1 Å². The third kappa shape index (κ3) is 12.2. The highest BCUT2D eigenvalue weighted by atomic mass is 16.7. The molecule has 1 N–H and O–H groups in total. The van der Waals surface area contributed by atoms with Crippen molar-refractivity contribution in [2.45, 2.75) is 179 Å². The number of likely N-dealkylation sites (N-methyl/N-ethyl adjacent to an activating group) is 1. The molecular formula is C55H76N2O15. The van der Waals surface area contributed by atoms with Gasteiger partial charge < -0.3 is 57.6 Å². The van der Waals surface area contributed by atoms with Crippen LogP contribution in [0.2, 0.25) is 0 Å². The SMILES string of the molecule is C#CCO[C@@]1(C)C[C@@H](C)C(=O)[C@H](C)[C@H]2NC(=O)O[C@@]2(C)[C@@H](CC)OC(=O)[C@H](C)[C@@H](O[C@H]2C[C@@](C)(OC)[C@@H](OC(=O)c3ccccc3)[C@H](C)O2)[C@H](C)[C@H]1O[C@@H]1O[C@H](C)C[C@H](N(C)C)[C@H]1OC(=O)c1ccccc1. The molecular weight excluding hydrogens is 929 g/mol. The van der Waals surface area contributed by atoms with Crippen molar-refractivity contribution in [1.29, 1.82) is 0 Å². The molecule has 0 unspecified atom stereocenters. The number of methoxy groups -OCH3 is 1. The van der Waals surface area contributed by atoms with E-state index in [2.05, 4.69) is 11.2 Å². The Bertz CT molecular complexity index is 2240. The summed E-state index contributed by atoms with van der Waals surface area (Å²) in [6.45, 7) is 17.5. The van der Waals surface area contributed by atoms with Crippen molar-refractivity contribution in [2.75, 3.05) is 27.8 Å². The van der Waals surface area contributed by atoms with Crippen molar-refractivity contribution in [3.05, 3.63) is 71.8 Å². The number of amides is 1. The largest absolute Gasteiger partial charge is 0.458 e. The molecule has 2 aromatic rings. The molecule has 6 rings (SSSR count). The van der Waals surface area contributed by atoms with Gasteiger partial charge in [0, 0.05) is 31.3 Å². The number of nitrogens with one attached hydrogen (secondary N) is 1. The van der Waals surface area contributed by atoms with Gasteiger partial charge in [0.25, 0.3) is 0 Å². The maximum absolute atomic E-state index is 15.0. The summed E-state index contributed by atoms with van der Waals surface area (Å²) >= 11 is 0. The third-order valence-electron chi connectivity index (χ3n) is 15.3. The fourth-order valence-electron chi connectivity index (χ4n) is 11.3. The average molecular weight is 1010 g/mol. The minimum Gasteiger partial charge on any atom is -0.458 e. The van der Waals surface area contributed by atoms with Crippen LogP contribution in [0.1, 0.15) is 116 Å². The monoisotopic (exact) mass is 1000 g/mol. The second kappa shape index (κ2) is 23.5. The number of fused-ring (bicyclic) bond motifs is 1. The van der Waals surface area contributed by atoms with Crippen molar-refractivity contribution in [2.24, 2.45) is 23.7 Å². The number of benzene rings is 2. The molecule has 17 heteroatoms. The van der Waals surface area contributed by atoms with Gasteiger partial charge in [0.15, 0.2) is 30.4 Å². The summed E-state index contributed by atoms with van der Waals surface area (Å²) in [5, 5.41) is 2.84. The molecule has 0 spiro atoms. The third-order valence-corrected chi connectivity index (χ3v) is 15.3. The zero-order chi connectivity index (χ0) is 52.9. The number of hydrogen-bond acceptors (Lipinski definition) is 16. The highest BCUT2D eigenvalue weighted by molar-refractivity contribution is 5.90. The van der Waals surface area contributed by atoms with Gasteiger partial charge in [-0.05, 0) is 99.2 Å². The fourth-order valence-corrected chi connectivity index (χ4v) is 11.3. The minimum atomic E-state index is -1.47. The smallest absolute Gasteiger partial charge is 0.408 e. The lowest BCUT2D eigenvalue weighted by Crippen LogP contribution is -2.62. The normalized spacial score (nSPS) is 38.8. The maximum atomic E-state index is 15.0. The zero-order valence-electron chi connectivity index (χ0n) is 44.1. The van der Waals surface area contributed by atoms with E-state index in [4.69, 9.17) is 53.8 Å². The molecule has 2 aromatic carbocycles. The van der Waals surface area contributed by atoms with Crippen molar-refractivity contribution < 1.29 is 71.3 Å². The zero-order valence-corrected chi connectivity index (χ0v) is 44.1. The molecule has 0 aromatic heterocycles. The molecule has 0 aliphatic carbocycles. The average Bonchev–Trinajstić information content (AvgIpc) is 3.67. The van der Waals surface area contributed by atoms with Gasteiger partial charge in [-0.15, -0.1) is 6.42 Å². The predicted octanol–water partition coefficient (Wildman–Crippen LogP) is 6.93. The van der Waals surface area contributed by atoms with Gasteiger partial charge in [-0.25, -0.2) is 14.4 Å². The van der Waals surface area contributed by atoms with Crippen LogP contribution >= 0.6 is 0 Å². The number of hydrogen-bond donors (Lipinski definition) is 1. The quantitative estimate of drug-likeness (QED) is 0.123. The highest BCUT2D eigenvalue weighted by Gasteiger charge is 2.58. The Balaban J connectivity index is 1.48. The Morgan fingerprint density at radius 3 is 1.99 bits per heavy atom. The maximum Gasteiger partial charge on any atom is 0.408 e. The first kappa shape index (κ1) is 56.4. The molecule has 4 saturated heterocycles. The van der Waals surface area contributed by atoms with E-state index in [9.17, 15) is 24.0 Å².